The molecule has 3 aromatic rings. The lowest BCUT2D eigenvalue weighted by Crippen LogP contribution is -1.99. The summed E-state index contributed by atoms with van der Waals surface area (Å²) < 4.78 is 19.4. The number of alkyl halides is 1. The molecule has 1 aromatic heterocycles. The molecule has 1 heterocycles. The van der Waals surface area contributed by atoms with Gasteiger partial charge in [0.25, 0.3) is 0 Å². The highest BCUT2D eigenvalue weighted by Gasteiger charge is 2.07. The Morgan fingerprint density at radius 2 is 1.95 bits per heavy atom. The van der Waals surface area contributed by atoms with Crippen molar-refractivity contribution in [1.82, 2.24) is 4.98 Å². The number of ether oxygens (including phenoxy) is 1. The Kier molecular flexibility index (Phi) is 4.02. The number of benzene rings is 2. The first-order chi connectivity index (χ1) is 10.3. The molecule has 2 nitrogen and oxygen atoms in total. The van der Waals surface area contributed by atoms with Crippen LogP contribution in [-0.2, 0) is 12.5 Å². The van der Waals surface area contributed by atoms with E-state index in [1.54, 1.807) is 18.3 Å². The average Bonchev–Trinajstić information content (AvgIpc) is 2.53. The fraction of sp³-hybridized carbons (Fsp3) is 0.118. The zero-order chi connectivity index (χ0) is 14.7. The summed E-state index contributed by atoms with van der Waals surface area (Å²) in [6.45, 7) is 0.269. The van der Waals surface area contributed by atoms with Gasteiger partial charge in [-0.05, 0) is 23.8 Å². The second-order valence-electron chi connectivity index (χ2n) is 4.68. The van der Waals surface area contributed by atoms with Gasteiger partial charge in [-0.15, -0.1) is 11.6 Å². The SMILES string of the molecule is Fc1cc(CCl)ccc1OCc1cccc2cccnc12. The van der Waals surface area contributed by atoms with E-state index in [9.17, 15) is 4.39 Å². The number of para-hydroxylation sites is 1. The molecule has 0 bridgehead atoms. The van der Waals surface area contributed by atoms with E-state index in [0.717, 1.165) is 22.0 Å². The summed E-state index contributed by atoms with van der Waals surface area (Å²) in [5, 5.41) is 1.04. The molecule has 0 spiro atoms. The van der Waals surface area contributed by atoms with Crippen LogP contribution in [0.3, 0.4) is 0 Å². The maximum atomic E-state index is 13.9. The number of hydrogen-bond acceptors (Lipinski definition) is 2. The summed E-state index contributed by atoms with van der Waals surface area (Å²) in [5.41, 5.74) is 2.53. The molecule has 0 saturated carbocycles. The molecule has 2 aromatic carbocycles. The minimum Gasteiger partial charge on any atom is -0.486 e. The fourth-order valence-corrected chi connectivity index (χ4v) is 2.35. The summed E-state index contributed by atoms with van der Waals surface area (Å²) in [5.74, 6) is 0.0999. The summed E-state index contributed by atoms with van der Waals surface area (Å²) in [6.07, 6.45) is 1.74. The zero-order valence-electron chi connectivity index (χ0n) is 11.2. The Bertz CT molecular complexity index is 770. The van der Waals surface area contributed by atoms with Crippen molar-refractivity contribution in [3.05, 3.63) is 71.7 Å². The zero-order valence-corrected chi connectivity index (χ0v) is 12.0. The van der Waals surface area contributed by atoms with Gasteiger partial charge in [0.15, 0.2) is 11.6 Å². The van der Waals surface area contributed by atoms with Crippen LogP contribution in [0, 0.1) is 5.82 Å². The third-order valence-corrected chi connectivity index (χ3v) is 3.56. The Morgan fingerprint density at radius 3 is 2.76 bits per heavy atom. The van der Waals surface area contributed by atoms with Gasteiger partial charge in [-0.25, -0.2) is 4.39 Å². The van der Waals surface area contributed by atoms with Crippen LogP contribution >= 0.6 is 11.6 Å². The summed E-state index contributed by atoms with van der Waals surface area (Å²) in [4.78, 5) is 4.35. The van der Waals surface area contributed by atoms with Gasteiger partial charge in [-0.3, -0.25) is 4.98 Å². The van der Waals surface area contributed by atoms with Gasteiger partial charge >= 0.3 is 0 Å². The molecule has 4 heteroatoms. The first-order valence-electron chi connectivity index (χ1n) is 6.58. The number of rotatable bonds is 4. The van der Waals surface area contributed by atoms with Crippen LogP contribution in [0.5, 0.6) is 5.75 Å². The largest absolute Gasteiger partial charge is 0.486 e. The van der Waals surface area contributed by atoms with Crippen molar-refractivity contribution in [3.63, 3.8) is 0 Å². The van der Waals surface area contributed by atoms with Crippen molar-refractivity contribution in [2.24, 2.45) is 0 Å². The highest BCUT2D eigenvalue weighted by Crippen LogP contribution is 2.22. The van der Waals surface area contributed by atoms with E-state index in [1.165, 1.54) is 6.07 Å². The number of nitrogens with zero attached hydrogens (tertiary/aromatic N) is 1. The van der Waals surface area contributed by atoms with Gasteiger partial charge in [-0.1, -0.05) is 30.3 Å². The minimum atomic E-state index is -0.402. The van der Waals surface area contributed by atoms with E-state index in [0.29, 0.717) is 0 Å². The Hall–Kier alpha value is -2.13. The van der Waals surface area contributed by atoms with Gasteiger partial charge in [0.1, 0.15) is 6.61 Å². The summed E-state index contributed by atoms with van der Waals surface area (Å²) >= 11 is 5.67. The quantitative estimate of drug-likeness (QED) is 0.652. The molecule has 0 radical (unpaired) electrons. The minimum absolute atomic E-state index is 0.219. The van der Waals surface area contributed by atoms with Gasteiger partial charge in [0, 0.05) is 23.0 Å². The van der Waals surface area contributed by atoms with Crippen LogP contribution in [0.1, 0.15) is 11.1 Å². The lowest BCUT2D eigenvalue weighted by Gasteiger charge is -2.09. The van der Waals surface area contributed by atoms with E-state index in [1.807, 2.05) is 30.3 Å². The molecule has 0 amide bonds. The van der Waals surface area contributed by atoms with Crippen LogP contribution in [-0.4, -0.2) is 4.98 Å². The molecular formula is C17H13ClFNO. The van der Waals surface area contributed by atoms with E-state index in [4.69, 9.17) is 16.3 Å². The molecule has 0 atom stereocenters. The van der Waals surface area contributed by atoms with Crippen molar-refractivity contribution >= 4 is 22.5 Å². The van der Waals surface area contributed by atoms with Crippen molar-refractivity contribution in [2.75, 3.05) is 0 Å². The molecule has 0 unspecified atom stereocenters. The van der Waals surface area contributed by atoms with Gasteiger partial charge in [0.2, 0.25) is 0 Å². The Morgan fingerprint density at radius 1 is 1.10 bits per heavy atom. The molecule has 0 aliphatic rings. The van der Waals surface area contributed by atoms with Crippen molar-refractivity contribution in [3.8, 4) is 5.75 Å². The van der Waals surface area contributed by atoms with Crippen molar-refractivity contribution in [2.45, 2.75) is 12.5 Å². The monoisotopic (exact) mass is 301 g/mol. The highest BCUT2D eigenvalue weighted by atomic mass is 35.5. The fourth-order valence-electron chi connectivity index (χ4n) is 2.18. The van der Waals surface area contributed by atoms with Crippen LogP contribution in [0.15, 0.2) is 54.7 Å². The maximum absolute atomic E-state index is 13.9. The smallest absolute Gasteiger partial charge is 0.165 e. The molecule has 3 rings (SSSR count). The molecular weight excluding hydrogens is 289 g/mol. The Balaban J connectivity index is 1.84. The lowest BCUT2D eigenvalue weighted by molar-refractivity contribution is 0.291. The first kappa shape index (κ1) is 13.8. The molecule has 0 fully saturated rings. The summed E-state index contributed by atoms with van der Waals surface area (Å²) in [6, 6.07) is 14.5. The van der Waals surface area contributed by atoms with E-state index >= 15 is 0 Å². The molecule has 21 heavy (non-hydrogen) atoms. The average molecular weight is 302 g/mol. The summed E-state index contributed by atoms with van der Waals surface area (Å²) in [7, 11) is 0. The van der Waals surface area contributed by atoms with Gasteiger partial charge in [-0.2, -0.15) is 0 Å². The van der Waals surface area contributed by atoms with Crippen molar-refractivity contribution < 1.29 is 9.13 Å². The maximum Gasteiger partial charge on any atom is 0.165 e. The molecule has 106 valence electrons. The normalized spacial score (nSPS) is 10.8. The molecule has 0 aliphatic carbocycles. The van der Waals surface area contributed by atoms with E-state index in [2.05, 4.69) is 4.98 Å². The number of hydrogen-bond donors (Lipinski definition) is 0. The van der Waals surface area contributed by atoms with Crippen molar-refractivity contribution in [1.29, 1.82) is 0 Å². The van der Waals surface area contributed by atoms with Crippen LogP contribution in [0.2, 0.25) is 0 Å². The number of pyridine rings is 1. The lowest BCUT2D eigenvalue weighted by atomic mass is 10.1. The van der Waals surface area contributed by atoms with Crippen LogP contribution < -0.4 is 4.74 Å². The third-order valence-electron chi connectivity index (χ3n) is 3.25. The standard InChI is InChI=1S/C17H13ClFNO/c18-10-12-6-7-16(15(19)9-12)21-11-14-4-1-3-13-5-2-8-20-17(13)14/h1-9H,10-11H2. The molecule has 0 aliphatic heterocycles. The number of fused-ring (bicyclic) bond motifs is 1. The number of aromatic nitrogens is 1. The van der Waals surface area contributed by atoms with Gasteiger partial charge < -0.3 is 4.74 Å². The second kappa shape index (κ2) is 6.10. The first-order valence-corrected chi connectivity index (χ1v) is 7.11. The predicted octanol–water partition coefficient (Wildman–Crippen LogP) is 4.69. The highest BCUT2D eigenvalue weighted by molar-refractivity contribution is 6.17. The molecule has 0 N–H and O–H groups in total. The molecule has 0 saturated heterocycles. The topological polar surface area (TPSA) is 22.1 Å². The van der Waals surface area contributed by atoms with E-state index < -0.39 is 5.82 Å². The van der Waals surface area contributed by atoms with Crippen LogP contribution in [0.25, 0.3) is 10.9 Å². The van der Waals surface area contributed by atoms with E-state index in [-0.39, 0.29) is 18.2 Å². The Labute approximate surface area is 127 Å². The number of halogens is 2. The van der Waals surface area contributed by atoms with Gasteiger partial charge in [0.05, 0.1) is 5.52 Å². The second-order valence-corrected chi connectivity index (χ2v) is 4.95. The predicted molar refractivity (Wildman–Crippen MR) is 82.0 cm³/mol. The third kappa shape index (κ3) is 2.98. The van der Waals surface area contributed by atoms with Crippen LogP contribution in [0.4, 0.5) is 4.39 Å².